The van der Waals surface area contributed by atoms with E-state index in [-0.39, 0.29) is 11.8 Å². The Balaban J connectivity index is 1.88. The molecule has 100 valence electrons. The molecule has 1 saturated carbocycles. The molecule has 0 spiro atoms. The lowest BCUT2D eigenvalue weighted by atomic mass is 9.93. The van der Waals surface area contributed by atoms with Gasteiger partial charge >= 0.3 is 0 Å². The summed E-state index contributed by atoms with van der Waals surface area (Å²) in [6.45, 7) is 2.84. The molecule has 2 aliphatic rings. The number of anilines is 1. The molecular weight excluding hydrogens is 238 g/mol. The minimum Gasteiger partial charge on any atom is -0.399 e. The summed E-state index contributed by atoms with van der Waals surface area (Å²) in [7, 11) is 0. The van der Waals surface area contributed by atoms with Crippen LogP contribution in [0.2, 0.25) is 0 Å². The molecule has 1 aromatic rings. The number of carbonyl (C=O) groups excluding carboxylic acids is 1. The van der Waals surface area contributed by atoms with Crippen LogP contribution in [0.1, 0.15) is 31.7 Å². The fraction of sp³-hybridized carbons (Fsp3) is 0.467. The third kappa shape index (κ3) is 2.62. The van der Waals surface area contributed by atoms with Crippen LogP contribution < -0.4 is 5.73 Å². The van der Waals surface area contributed by atoms with Crippen LogP contribution in [0, 0.1) is 11.8 Å². The van der Waals surface area contributed by atoms with Crippen molar-refractivity contribution >= 4 is 17.3 Å². The first kappa shape index (κ1) is 12.2. The zero-order valence-corrected chi connectivity index (χ0v) is 11.2. The summed E-state index contributed by atoms with van der Waals surface area (Å²) < 4.78 is 0. The molecule has 0 radical (unpaired) electrons. The third-order valence-electron chi connectivity index (χ3n) is 3.80. The monoisotopic (exact) mass is 257 g/mol. The molecule has 4 heteroatoms. The fourth-order valence-electron chi connectivity index (χ4n) is 2.43. The summed E-state index contributed by atoms with van der Waals surface area (Å²) >= 11 is 0. The van der Waals surface area contributed by atoms with Gasteiger partial charge in [-0.2, -0.15) is 5.10 Å². The van der Waals surface area contributed by atoms with Gasteiger partial charge in [0.25, 0.3) is 0 Å². The Morgan fingerprint density at radius 1 is 1.32 bits per heavy atom. The molecule has 1 atom stereocenters. The Labute approximate surface area is 113 Å². The van der Waals surface area contributed by atoms with Crippen molar-refractivity contribution < 1.29 is 4.79 Å². The topological polar surface area (TPSA) is 58.7 Å². The van der Waals surface area contributed by atoms with E-state index in [1.54, 1.807) is 5.01 Å². The Morgan fingerprint density at radius 2 is 2.00 bits per heavy atom. The first-order valence-electron chi connectivity index (χ1n) is 6.88. The SMILES string of the molecule is CC1CC(=O)N(CC2CC2)N=C1c1ccc(N)cc1. The van der Waals surface area contributed by atoms with E-state index in [0.29, 0.717) is 12.3 Å². The second-order valence-corrected chi connectivity index (χ2v) is 5.63. The van der Waals surface area contributed by atoms with Gasteiger partial charge in [0.2, 0.25) is 5.91 Å². The Kier molecular flexibility index (Phi) is 3.01. The molecule has 19 heavy (non-hydrogen) atoms. The van der Waals surface area contributed by atoms with Gasteiger partial charge in [-0.15, -0.1) is 0 Å². The number of hydrogen-bond donors (Lipinski definition) is 1. The first-order chi connectivity index (χ1) is 9.13. The van der Waals surface area contributed by atoms with Crippen LogP contribution in [-0.2, 0) is 4.79 Å². The van der Waals surface area contributed by atoms with Gasteiger partial charge < -0.3 is 5.73 Å². The maximum Gasteiger partial charge on any atom is 0.243 e. The van der Waals surface area contributed by atoms with E-state index in [4.69, 9.17) is 5.73 Å². The first-order valence-corrected chi connectivity index (χ1v) is 6.88. The Bertz CT molecular complexity index is 517. The summed E-state index contributed by atoms with van der Waals surface area (Å²) in [5.41, 5.74) is 8.52. The summed E-state index contributed by atoms with van der Waals surface area (Å²) in [6.07, 6.45) is 3.01. The molecular formula is C15H19N3O. The minimum atomic E-state index is 0.151. The molecule has 1 unspecified atom stereocenters. The highest BCUT2D eigenvalue weighted by atomic mass is 16.2. The van der Waals surface area contributed by atoms with Crippen LogP contribution in [0.15, 0.2) is 29.4 Å². The molecule has 0 saturated heterocycles. The number of amides is 1. The number of rotatable bonds is 3. The minimum absolute atomic E-state index is 0.151. The number of hydrazone groups is 1. The molecule has 3 rings (SSSR count). The smallest absolute Gasteiger partial charge is 0.243 e. The normalized spacial score (nSPS) is 23.4. The quantitative estimate of drug-likeness (QED) is 0.844. The highest BCUT2D eigenvalue weighted by molar-refractivity contribution is 6.05. The van der Waals surface area contributed by atoms with Gasteiger partial charge in [0, 0.05) is 24.6 Å². The maximum atomic E-state index is 12.0. The predicted molar refractivity (Wildman–Crippen MR) is 75.6 cm³/mol. The van der Waals surface area contributed by atoms with E-state index in [1.165, 1.54) is 12.8 Å². The average molecular weight is 257 g/mol. The van der Waals surface area contributed by atoms with Gasteiger partial charge in [0.05, 0.1) is 5.71 Å². The standard InChI is InChI=1S/C15H19N3O/c1-10-8-14(19)18(9-11-2-3-11)17-15(10)12-4-6-13(16)7-5-12/h4-7,10-11H,2-3,8-9,16H2,1H3. The van der Waals surface area contributed by atoms with Crippen LogP contribution in [-0.4, -0.2) is 23.2 Å². The largest absolute Gasteiger partial charge is 0.399 e. The number of nitrogens with zero attached hydrogens (tertiary/aromatic N) is 2. The highest BCUT2D eigenvalue weighted by Crippen LogP contribution is 2.31. The van der Waals surface area contributed by atoms with Crippen LogP contribution in [0.25, 0.3) is 0 Å². The molecule has 4 nitrogen and oxygen atoms in total. The van der Waals surface area contributed by atoms with Crippen LogP contribution >= 0.6 is 0 Å². The van der Waals surface area contributed by atoms with E-state index >= 15 is 0 Å². The molecule has 1 aliphatic heterocycles. The van der Waals surface area contributed by atoms with Crippen molar-refractivity contribution in [1.82, 2.24) is 5.01 Å². The van der Waals surface area contributed by atoms with E-state index in [9.17, 15) is 4.79 Å². The van der Waals surface area contributed by atoms with Crippen LogP contribution in [0.5, 0.6) is 0 Å². The molecule has 1 heterocycles. The molecule has 2 N–H and O–H groups in total. The molecule has 0 aromatic heterocycles. The van der Waals surface area contributed by atoms with Crippen LogP contribution in [0.3, 0.4) is 0 Å². The maximum absolute atomic E-state index is 12.0. The van der Waals surface area contributed by atoms with Crippen molar-refractivity contribution in [2.45, 2.75) is 26.2 Å². The lowest BCUT2D eigenvalue weighted by Gasteiger charge is -2.27. The summed E-state index contributed by atoms with van der Waals surface area (Å²) in [6, 6.07) is 7.73. The molecule has 1 amide bonds. The van der Waals surface area contributed by atoms with Crippen molar-refractivity contribution in [3.63, 3.8) is 0 Å². The van der Waals surface area contributed by atoms with Crippen molar-refractivity contribution in [2.24, 2.45) is 16.9 Å². The van der Waals surface area contributed by atoms with Gasteiger partial charge in [-0.05, 0) is 36.5 Å². The summed E-state index contributed by atoms with van der Waals surface area (Å²) in [4.78, 5) is 12.0. The lowest BCUT2D eigenvalue weighted by molar-refractivity contribution is -0.132. The average Bonchev–Trinajstić information content (AvgIpc) is 3.18. The van der Waals surface area contributed by atoms with Crippen molar-refractivity contribution in [3.8, 4) is 0 Å². The number of benzene rings is 1. The van der Waals surface area contributed by atoms with Gasteiger partial charge in [0.15, 0.2) is 0 Å². The fourth-order valence-corrected chi connectivity index (χ4v) is 2.43. The van der Waals surface area contributed by atoms with Gasteiger partial charge in [-0.3, -0.25) is 4.79 Å². The predicted octanol–water partition coefficient (Wildman–Crippen LogP) is 2.25. The molecule has 1 aliphatic carbocycles. The third-order valence-corrected chi connectivity index (χ3v) is 3.80. The van der Waals surface area contributed by atoms with Crippen molar-refractivity contribution in [2.75, 3.05) is 12.3 Å². The summed E-state index contributed by atoms with van der Waals surface area (Å²) in [5, 5.41) is 6.25. The molecule has 0 bridgehead atoms. The van der Waals surface area contributed by atoms with Crippen LogP contribution in [0.4, 0.5) is 5.69 Å². The van der Waals surface area contributed by atoms with Gasteiger partial charge in [-0.1, -0.05) is 19.1 Å². The van der Waals surface area contributed by atoms with E-state index in [1.807, 2.05) is 24.3 Å². The Morgan fingerprint density at radius 3 is 2.63 bits per heavy atom. The zero-order valence-electron chi connectivity index (χ0n) is 11.2. The van der Waals surface area contributed by atoms with Gasteiger partial charge in [0.1, 0.15) is 0 Å². The van der Waals surface area contributed by atoms with E-state index < -0.39 is 0 Å². The van der Waals surface area contributed by atoms with E-state index in [0.717, 1.165) is 23.5 Å². The number of nitrogens with two attached hydrogens (primary N) is 1. The molecule has 1 fully saturated rings. The zero-order chi connectivity index (χ0) is 13.4. The summed E-state index contributed by atoms with van der Waals surface area (Å²) in [5.74, 6) is 0.985. The Hall–Kier alpha value is -1.84. The highest BCUT2D eigenvalue weighted by Gasteiger charge is 2.31. The van der Waals surface area contributed by atoms with Crippen molar-refractivity contribution in [1.29, 1.82) is 0 Å². The second-order valence-electron chi connectivity index (χ2n) is 5.63. The molecule has 1 aromatic carbocycles. The lowest BCUT2D eigenvalue weighted by Crippen LogP contribution is -2.37. The van der Waals surface area contributed by atoms with Gasteiger partial charge in [-0.25, -0.2) is 5.01 Å². The number of carbonyl (C=O) groups is 1. The second kappa shape index (κ2) is 4.68. The number of nitrogen functional groups attached to an aromatic ring is 1. The van der Waals surface area contributed by atoms with E-state index in [2.05, 4.69) is 12.0 Å². The number of hydrogen-bond acceptors (Lipinski definition) is 3. The van der Waals surface area contributed by atoms with Crippen molar-refractivity contribution in [3.05, 3.63) is 29.8 Å².